The van der Waals surface area contributed by atoms with Crippen LogP contribution in [0.5, 0.6) is 0 Å². The number of anilines is 1. The zero-order chi connectivity index (χ0) is 16.3. The first-order valence-corrected chi connectivity index (χ1v) is 8.89. The highest BCUT2D eigenvalue weighted by molar-refractivity contribution is 7.88. The summed E-state index contributed by atoms with van der Waals surface area (Å²) in [6.07, 6.45) is 1.18. The van der Waals surface area contributed by atoms with Crippen LogP contribution in [0.1, 0.15) is 32.4 Å². The monoisotopic (exact) mass is 313 g/mol. The minimum atomic E-state index is -3.21. The first-order valence-electron chi connectivity index (χ1n) is 7.00. The Kier molecular flexibility index (Phi) is 5.78. The van der Waals surface area contributed by atoms with Crippen molar-refractivity contribution in [2.24, 2.45) is 0 Å². The zero-order valence-electron chi connectivity index (χ0n) is 13.8. The Bertz CT molecular complexity index is 568. The van der Waals surface area contributed by atoms with Crippen molar-refractivity contribution in [3.8, 4) is 0 Å². The van der Waals surface area contributed by atoms with Crippen LogP contribution in [0.2, 0.25) is 0 Å². The van der Waals surface area contributed by atoms with Gasteiger partial charge in [0, 0.05) is 37.9 Å². The molecule has 1 aromatic carbocycles. The Labute approximate surface area is 128 Å². The molecule has 0 saturated heterocycles. The number of para-hydroxylation sites is 1. The standard InChI is InChI=1S/C15H27N3O2S/c1-12(13-9-7-8-10-14(13)18(4)5)16-11-15(2,3)17-21(6,19)20/h7-10,12,16-17H,11H2,1-6H3/t12-/m1/s1. The predicted octanol–water partition coefficient (Wildman–Crippen LogP) is 1.73. The highest BCUT2D eigenvalue weighted by Gasteiger charge is 2.23. The lowest BCUT2D eigenvalue weighted by atomic mass is 10.0. The molecular formula is C15H27N3O2S. The van der Waals surface area contributed by atoms with Crippen LogP contribution >= 0.6 is 0 Å². The second kappa shape index (κ2) is 6.77. The van der Waals surface area contributed by atoms with Gasteiger partial charge in [-0.2, -0.15) is 0 Å². The number of hydrogen-bond acceptors (Lipinski definition) is 4. The van der Waals surface area contributed by atoms with Crippen LogP contribution < -0.4 is 14.9 Å². The molecule has 0 fully saturated rings. The first kappa shape index (κ1) is 17.9. The molecular weight excluding hydrogens is 286 g/mol. The third-order valence-corrected chi connectivity index (χ3v) is 4.12. The SMILES string of the molecule is C[C@@H](NCC(C)(C)NS(C)(=O)=O)c1ccccc1N(C)C. The van der Waals surface area contributed by atoms with Crippen molar-refractivity contribution < 1.29 is 8.42 Å². The fourth-order valence-corrected chi connectivity index (χ4v) is 3.39. The van der Waals surface area contributed by atoms with Crippen LogP contribution in [-0.4, -0.2) is 40.9 Å². The lowest BCUT2D eigenvalue weighted by Crippen LogP contribution is -2.50. The lowest BCUT2D eigenvalue weighted by molar-refractivity contribution is 0.399. The number of nitrogens with one attached hydrogen (secondary N) is 2. The number of benzene rings is 1. The van der Waals surface area contributed by atoms with E-state index in [0.29, 0.717) is 6.54 Å². The van der Waals surface area contributed by atoms with Gasteiger partial charge in [-0.3, -0.25) is 0 Å². The molecule has 1 rings (SSSR count). The number of nitrogens with zero attached hydrogens (tertiary/aromatic N) is 1. The minimum Gasteiger partial charge on any atom is -0.377 e. The van der Waals surface area contributed by atoms with Gasteiger partial charge in [-0.05, 0) is 32.4 Å². The van der Waals surface area contributed by atoms with Crippen molar-refractivity contribution >= 4 is 15.7 Å². The van der Waals surface area contributed by atoms with Crippen molar-refractivity contribution in [3.63, 3.8) is 0 Å². The lowest BCUT2D eigenvalue weighted by Gasteiger charge is -2.29. The summed E-state index contributed by atoms with van der Waals surface area (Å²) in [6, 6.07) is 8.32. The normalized spacial score (nSPS) is 14.0. The summed E-state index contributed by atoms with van der Waals surface area (Å²) < 4.78 is 25.4. The summed E-state index contributed by atoms with van der Waals surface area (Å²) in [5, 5.41) is 3.40. The Morgan fingerprint density at radius 2 is 1.81 bits per heavy atom. The maximum Gasteiger partial charge on any atom is 0.209 e. The van der Waals surface area contributed by atoms with Crippen molar-refractivity contribution in [1.29, 1.82) is 0 Å². The summed E-state index contributed by atoms with van der Waals surface area (Å²) in [7, 11) is 0.815. The van der Waals surface area contributed by atoms with E-state index in [4.69, 9.17) is 0 Å². The predicted molar refractivity (Wildman–Crippen MR) is 89.2 cm³/mol. The van der Waals surface area contributed by atoms with E-state index in [-0.39, 0.29) is 6.04 Å². The Balaban J connectivity index is 2.76. The van der Waals surface area contributed by atoms with E-state index in [1.54, 1.807) is 0 Å². The van der Waals surface area contributed by atoms with Crippen LogP contribution in [0.4, 0.5) is 5.69 Å². The molecule has 0 saturated carbocycles. The molecule has 0 spiro atoms. The van der Waals surface area contributed by atoms with Gasteiger partial charge in [0.15, 0.2) is 0 Å². The number of sulfonamides is 1. The Morgan fingerprint density at radius 3 is 2.33 bits per heavy atom. The smallest absolute Gasteiger partial charge is 0.209 e. The van der Waals surface area contributed by atoms with E-state index in [1.807, 2.05) is 40.1 Å². The molecule has 6 heteroatoms. The first-order chi connectivity index (χ1) is 9.52. The van der Waals surface area contributed by atoms with Crippen LogP contribution in [0.15, 0.2) is 24.3 Å². The van der Waals surface area contributed by atoms with Gasteiger partial charge < -0.3 is 10.2 Å². The van der Waals surface area contributed by atoms with E-state index in [0.717, 1.165) is 5.69 Å². The highest BCUT2D eigenvalue weighted by Crippen LogP contribution is 2.24. The maximum atomic E-state index is 11.4. The van der Waals surface area contributed by atoms with Crippen molar-refractivity contribution in [1.82, 2.24) is 10.0 Å². The summed E-state index contributed by atoms with van der Waals surface area (Å²) in [6.45, 7) is 6.36. The van der Waals surface area contributed by atoms with Crippen LogP contribution in [0.25, 0.3) is 0 Å². The quantitative estimate of drug-likeness (QED) is 0.805. The van der Waals surface area contributed by atoms with Gasteiger partial charge in [-0.25, -0.2) is 13.1 Å². The van der Waals surface area contributed by atoms with E-state index in [1.165, 1.54) is 11.8 Å². The average Bonchev–Trinajstić information content (AvgIpc) is 2.33. The molecule has 0 aliphatic rings. The van der Waals surface area contributed by atoms with Gasteiger partial charge >= 0.3 is 0 Å². The molecule has 0 radical (unpaired) electrons. The largest absolute Gasteiger partial charge is 0.377 e. The number of rotatable bonds is 7. The van der Waals surface area contributed by atoms with E-state index < -0.39 is 15.6 Å². The molecule has 0 amide bonds. The van der Waals surface area contributed by atoms with Crippen molar-refractivity contribution in [3.05, 3.63) is 29.8 Å². The van der Waals surface area contributed by atoms with Crippen LogP contribution in [0, 0.1) is 0 Å². The Morgan fingerprint density at radius 1 is 1.24 bits per heavy atom. The topological polar surface area (TPSA) is 61.4 Å². The molecule has 0 aliphatic carbocycles. The van der Waals surface area contributed by atoms with Gasteiger partial charge in [0.2, 0.25) is 10.0 Å². The molecule has 5 nitrogen and oxygen atoms in total. The molecule has 1 aromatic rings. The maximum absolute atomic E-state index is 11.4. The molecule has 1 atom stereocenters. The van der Waals surface area contributed by atoms with Gasteiger partial charge in [-0.1, -0.05) is 18.2 Å². The van der Waals surface area contributed by atoms with Crippen LogP contribution in [0.3, 0.4) is 0 Å². The highest BCUT2D eigenvalue weighted by atomic mass is 32.2. The summed E-state index contributed by atoms with van der Waals surface area (Å²) in [5.41, 5.74) is 1.82. The molecule has 0 aliphatic heterocycles. The third-order valence-electron chi connectivity index (χ3n) is 3.20. The summed E-state index contributed by atoms with van der Waals surface area (Å²) in [4.78, 5) is 2.08. The minimum absolute atomic E-state index is 0.129. The van der Waals surface area contributed by atoms with Crippen LogP contribution in [-0.2, 0) is 10.0 Å². The van der Waals surface area contributed by atoms with Gasteiger partial charge in [-0.15, -0.1) is 0 Å². The summed E-state index contributed by atoms with van der Waals surface area (Å²) >= 11 is 0. The second-order valence-electron chi connectivity index (χ2n) is 6.31. The molecule has 0 bridgehead atoms. The number of hydrogen-bond donors (Lipinski definition) is 2. The van der Waals surface area contributed by atoms with E-state index in [2.05, 4.69) is 34.0 Å². The fraction of sp³-hybridized carbons (Fsp3) is 0.600. The molecule has 0 unspecified atom stereocenters. The Hall–Kier alpha value is -1.11. The van der Waals surface area contributed by atoms with E-state index >= 15 is 0 Å². The van der Waals surface area contributed by atoms with Crippen molar-refractivity contribution in [2.45, 2.75) is 32.4 Å². The third kappa shape index (κ3) is 6.03. The van der Waals surface area contributed by atoms with Gasteiger partial charge in [0.05, 0.1) is 6.26 Å². The molecule has 21 heavy (non-hydrogen) atoms. The van der Waals surface area contributed by atoms with Gasteiger partial charge in [0.1, 0.15) is 0 Å². The molecule has 0 heterocycles. The van der Waals surface area contributed by atoms with Gasteiger partial charge in [0.25, 0.3) is 0 Å². The van der Waals surface area contributed by atoms with Crippen molar-refractivity contribution in [2.75, 3.05) is 31.8 Å². The molecule has 0 aromatic heterocycles. The zero-order valence-corrected chi connectivity index (χ0v) is 14.6. The fourth-order valence-electron chi connectivity index (χ4n) is 2.32. The molecule has 2 N–H and O–H groups in total. The average molecular weight is 313 g/mol. The van der Waals surface area contributed by atoms with E-state index in [9.17, 15) is 8.42 Å². The summed E-state index contributed by atoms with van der Waals surface area (Å²) in [5.74, 6) is 0. The molecule has 120 valence electrons. The second-order valence-corrected chi connectivity index (χ2v) is 8.06.